The molecule has 0 radical (unpaired) electrons. The largest absolute Gasteiger partial charge is 1.00 e. The predicted octanol–water partition coefficient (Wildman–Crippen LogP) is -1.61. The summed E-state index contributed by atoms with van der Waals surface area (Å²) in [5, 5.41) is 0. The van der Waals surface area contributed by atoms with Crippen LogP contribution in [0.5, 0.6) is 0 Å². The molecule has 0 saturated heterocycles. The molecule has 20 heavy (non-hydrogen) atoms. The van der Waals surface area contributed by atoms with Gasteiger partial charge in [0.1, 0.15) is 5.92 Å². The SMILES string of the molecule is C=C(CC(C[N+](C)(C)C)C(=O)OCC)C(=O)OCC.[I-]. The Kier molecular flexibility index (Phi) is 11.0. The smallest absolute Gasteiger partial charge is 0.333 e. The number of hydrogen-bond acceptors (Lipinski definition) is 4. The van der Waals surface area contributed by atoms with Crippen molar-refractivity contribution in [2.75, 3.05) is 40.9 Å². The van der Waals surface area contributed by atoms with Crippen molar-refractivity contribution in [3.05, 3.63) is 12.2 Å². The van der Waals surface area contributed by atoms with Gasteiger partial charge in [-0.05, 0) is 20.3 Å². The van der Waals surface area contributed by atoms with Crippen molar-refractivity contribution in [1.29, 1.82) is 0 Å². The molecule has 6 heteroatoms. The summed E-state index contributed by atoms with van der Waals surface area (Å²) >= 11 is 0. The summed E-state index contributed by atoms with van der Waals surface area (Å²) in [4.78, 5) is 23.5. The quantitative estimate of drug-likeness (QED) is 0.213. The van der Waals surface area contributed by atoms with Crippen LogP contribution in [-0.2, 0) is 19.1 Å². The highest BCUT2D eigenvalue weighted by atomic mass is 127. The predicted molar refractivity (Wildman–Crippen MR) is 73.4 cm³/mol. The van der Waals surface area contributed by atoms with Gasteiger partial charge in [-0.2, -0.15) is 0 Å². The van der Waals surface area contributed by atoms with Gasteiger partial charge in [0.25, 0.3) is 0 Å². The molecule has 118 valence electrons. The first-order valence-corrected chi connectivity index (χ1v) is 6.53. The molecule has 0 aromatic heterocycles. The third-order valence-electron chi connectivity index (χ3n) is 2.44. The first-order valence-electron chi connectivity index (χ1n) is 6.53. The molecule has 0 fully saturated rings. The van der Waals surface area contributed by atoms with Crippen LogP contribution in [0.15, 0.2) is 12.2 Å². The maximum atomic E-state index is 11.9. The summed E-state index contributed by atoms with van der Waals surface area (Å²) in [5.41, 5.74) is 0.313. The number of quaternary nitrogens is 1. The van der Waals surface area contributed by atoms with E-state index in [2.05, 4.69) is 6.58 Å². The van der Waals surface area contributed by atoms with Crippen molar-refractivity contribution in [3.8, 4) is 0 Å². The van der Waals surface area contributed by atoms with Crippen molar-refractivity contribution in [2.45, 2.75) is 20.3 Å². The van der Waals surface area contributed by atoms with E-state index >= 15 is 0 Å². The number of hydrogen-bond donors (Lipinski definition) is 0. The van der Waals surface area contributed by atoms with Crippen LogP contribution in [0.1, 0.15) is 20.3 Å². The lowest BCUT2D eigenvalue weighted by Gasteiger charge is -2.28. The molecule has 5 nitrogen and oxygen atoms in total. The minimum absolute atomic E-state index is 0. The molecule has 0 rings (SSSR count). The number of esters is 2. The van der Waals surface area contributed by atoms with Gasteiger partial charge in [-0.15, -0.1) is 0 Å². The zero-order valence-corrected chi connectivity index (χ0v) is 15.2. The van der Waals surface area contributed by atoms with Crippen LogP contribution < -0.4 is 24.0 Å². The van der Waals surface area contributed by atoms with Gasteiger partial charge in [0, 0.05) is 5.57 Å². The highest BCUT2D eigenvalue weighted by molar-refractivity contribution is 5.88. The summed E-state index contributed by atoms with van der Waals surface area (Å²) in [7, 11) is 5.96. The van der Waals surface area contributed by atoms with Crippen molar-refractivity contribution in [1.82, 2.24) is 0 Å². The zero-order chi connectivity index (χ0) is 15.1. The number of halogens is 1. The molecule has 0 bridgehead atoms. The molecular weight excluding hydrogens is 373 g/mol. The lowest BCUT2D eigenvalue weighted by atomic mass is 9.99. The molecule has 0 aromatic rings. The van der Waals surface area contributed by atoms with E-state index in [0.29, 0.717) is 29.8 Å². The summed E-state index contributed by atoms with van der Waals surface area (Å²) < 4.78 is 10.5. The van der Waals surface area contributed by atoms with Crippen LogP contribution in [-0.4, -0.2) is 57.3 Å². The first kappa shape index (κ1) is 21.7. The fourth-order valence-corrected chi connectivity index (χ4v) is 1.76. The van der Waals surface area contributed by atoms with E-state index < -0.39 is 5.97 Å². The minimum atomic E-state index is -0.446. The molecule has 0 aliphatic carbocycles. The van der Waals surface area contributed by atoms with Gasteiger partial charge in [0.2, 0.25) is 0 Å². The van der Waals surface area contributed by atoms with E-state index in [1.807, 2.05) is 21.1 Å². The minimum Gasteiger partial charge on any atom is -1.00 e. The second kappa shape index (κ2) is 10.1. The van der Waals surface area contributed by atoms with E-state index in [9.17, 15) is 9.59 Å². The van der Waals surface area contributed by atoms with Crippen molar-refractivity contribution in [2.24, 2.45) is 5.92 Å². The Labute approximate surface area is 138 Å². The first-order chi connectivity index (χ1) is 8.71. The summed E-state index contributed by atoms with van der Waals surface area (Å²) in [6.07, 6.45) is 0.271. The van der Waals surface area contributed by atoms with Gasteiger partial charge >= 0.3 is 11.9 Å². The molecule has 0 heterocycles. The molecule has 0 aliphatic rings. The Hall–Kier alpha value is -0.630. The van der Waals surface area contributed by atoms with Gasteiger partial charge in [-0.3, -0.25) is 4.79 Å². The van der Waals surface area contributed by atoms with Crippen molar-refractivity contribution < 1.29 is 47.5 Å². The highest BCUT2D eigenvalue weighted by Gasteiger charge is 2.29. The second-order valence-electron chi connectivity index (χ2n) is 5.45. The molecule has 0 saturated carbocycles. The normalized spacial score (nSPS) is 12.1. The Balaban J connectivity index is 0. The van der Waals surface area contributed by atoms with Crippen molar-refractivity contribution >= 4 is 11.9 Å². The van der Waals surface area contributed by atoms with E-state index in [1.165, 1.54) is 0 Å². The number of carbonyl (C=O) groups excluding carboxylic acids is 2. The zero-order valence-electron chi connectivity index (χ0n) is 13.1. The van der Waals surface area contributed by atoms with Crippen LogP contribution in [0, 0.1) is 5.92 Å². The topological polar surface area (TPSA) is 52.6 Å². The monoisotopic (exact) mass is 399 g/mol. The lowest BCUT2D eigenvalue weighted by molar-refractivity contribution is -0.872. The molecule has 0 spiro atoms. The Morgan fingerprint density at radius 1 is 1.10 bits per heavy atom. The van der Waals surface area contributed by atoms with E-state index in [4.69, 9.17) is 9.47 Å². The molecule has 0 N–H and O–H groups in total. The Morgan fingerprint density at radius 3 is 2.00 bits per heavy atom. The number of nitrogens with zero attached hydrogens (tertiary/aromatic N) is 1. The highest BCUT2D eigenvalue weighted by Crippen LogP contribution is 2.16. The molecule has 0 aliphatic heterocycles. The maximum absolute atomic E-state index is 11.9. The molecular formula is C14H26INO4. The van der Waals surface area contributed by atoms with Gasteiger partial charge in [-0.25, -0.2) is 4.79 Å². The third-order valence-corrected chi connectivity index (χ3v) is 2.44. The fourth-order valence-electron chi connectivity index (χ4n) is 1.76. The lowest BCUT2D eigenvalue weighted by Crippen LogP contribution is -3.00. The molecule has 0 amide bonds. The van der Waals surface area contributed by atoms with Gasteiger partial charge in [0.15, 0.2) is 0 Å². The van der Waals surface area contributed by atoms with Crippen LogP contribution in [0.4, 0.5) is 0 Å². The van der Waals surface area contributed by atoms with E-state index in [-0.39, 0.29) is 42.3 Å². The van der Waals surface area contributed by atoms with Gasteiger partial charge in [0.05, 0.1) is 40.9 Å². The van der Waals surface area contributed by atoms with E-state index in [1.54, 1.807) is 13.8 Å². The molecule has 1 atom stereocenters. The number of rotatable bonds is 8. The van der Waals surface area contributed by atoms with Crippen LogP contribution in [0.25, 0.3) is 0 Å². The Morgan fingerprint density at radius 2 is 1.60 bits per heavy atom. The van der Waals surface area contributed by atoms with Crippen molar-refractivity contribution in [3.63, 3.8) is 0 Å². The van der Waals surface area contributed by atoms with Crippen LogP contribution in [0.2, 0.25) is 0 Å². The summed E-state index contributed by atoms with van der Waals surface area (Å²) in [6.45, 7) is 8.41. The Bertz CT molecular complexity index is 337. The second-order valence-corrected chi connectivity index (χ2v) is 5.45. The average Bonchev–Trinajstić information content (AvgIpc) is 2.26. The maximum Gasteiger partial charge on any atom is 0.333 e. The number of carbonyl (C=O) groups is 2. The standard InChI is InChI=1S/C14H26NO4.HI/c1-7-18-13(16)11(3)9-12(10-15(4,5)6)14(17)19-8-2;/h12H,3,7-10H2,1-2,4-6H3;1H/q+1;/p-1. The van der Waals surface area contributed by atoms with Gasteiger partial charge in [-0.1, -0.05) is 6.58 Å². The third kappa shape index (κ3) is 9.30. The summed E-state index contributed by atoms with van der Waals surface area (Å²) in [6, 6.07) is 0. The molecule has 0 aromatic carbocycles. The fraction of sp³-hybridized carbons (Fsp3) is 0.714. The average molecular weight is 399 g/mol. The molecule has 1 unspecified atom stereocenters. The van der Waals surface area contributed by atoms with Crippen LogP contribution in [0.3, 0.4) is 0 Å². The van der Waals surface area contributed by atoms with Crippen LogP contribution >= 0.6 is 0 Å². The number of ether oxygens (including phenoxy) is 2. The summed E-state index contributed by atoms with van der Waals surface area (Å²) in [5.74, 6) is -1.11. The van der Waals surface area contributed by atoms with Gasteiger partial charge < -0.3 is 37.9 Å². The van der Waals surface area contributed by atoms with E-state index in [0.717, 1.165) is 0 Å².